The Hall–Kier alpha value is -1.83. The Kier molecular flexibility index (Phi) is 9.31. The first-order valence-corrected chi connectivity index (χ1v) is 14.8. The molecule has 4 rings (SSSR count). The van der Waals surface area contributed by atoms with Gasteiger partial charge in [-0.3, -0.25) is 4.99 Å². The highest BCUT2D eigenvalue weighted by Crippen LogP contribution is 2.45. The highest BCUT2D eigenvalue weighted by Gasteiger charge is 2.35. The molecule has 0 saturated heterocycles. The second-order valence-electron chi connectivity index (χ2n) is 11.6. The lowest BCUT2D eigenvalue weighted by atomic mass is 9.64. The molecule has 192 valence electrons. The third-order valence-electron chi connectivity index (χ3n) is 9.43. The summed E-state index contributed by atoms with van der Waals surface area (Å²) < 4.78 is 0. The second-order valence-corrected chi connectivity index (χ2v) is 11.6. The van der Waals surface area contributed by atoms with Crippen molar-refractivity contribution in [3.63, 3.8) is 0 Å². The fourth-order valence-electron chi connectivity index (χ4n) is 7.64. The van der Waals surface area contributed by atoms with E-state index in [9.17, 15) is 0 Å². The van der Waals surface area contributed by atoms with Crippen LogP contribution in [0.25, 0.3) is 0 Å². The predicted molar refractivity (Wildman–Crippen MR) is 152 cm³/mol. The molecule has 0 radical (unpaired) electrons. The second kappa shape index (κ2) is 12.4. The summed E-state index contributed by atoms with van der Waals surface area (Å²) in [7, 11) is 0. The minimum atomic E-state index is 0.307. The number of hydrogen-bond donors (Lipinski definition) is 1. The average Bonchev–Trinajstić information content (AvgIpc) is 2.88. The van der Waals surface area contributed by atoms with Crippen molar-refractivity contribution in [2.75, 3.05) is 0 Å². The summed E-state index contributed by atoms with van der Waals surface area (Å²) in [6.07, 6.45) is 27.2. The third-order valence-corrected chi connectivity index (χ3v) is 9.43. The first-order valence-electron chi connectivity index (χ1n) is 14.8. The number of dihydropyridines is 1. The zero-order valence-corrected chi connectivity index (χ0v) is 23.0. The minimum Gasteiger partial charge on any atom is -0.364 e. The molecule has 0 spiro atoms. The van der Waals surface area contributed by atoms with Crippen LogP contribution in [-0.2, 0) is 0 Å². The van der Waals surface area contributed by atoms with Crippen molar-refractivity contribution < 1.29 is 0 Å². The molecular formula is C33H50N2. The van der Waals surface area contributed by atoms with Gasteiger partial charge in [0.2, 0.25) is 0 Å². The lowest BCUT2D eigenvalue weighted by molar-refractivity contribution is 0.104. The number of allylic oxidation sites excluding steroid dienone is 7. The summed E-state index contributed by atoms with van der Waals surface area (Å²) in [5.41, 5.74) is 6.97. The van der Waals surface area contributed by atoms with Crippen LogP contribution in [0.15, 0.2) is 64.5 Å². The smallest absolute Gasteiger partial charge is 0.0896 e. The van der Waals surface area contributed by atoms with Crippen molar-refractivity contribution >= 4 is 5.71 Å². The fraction of sp³-hybridized carbons (Fsp3) is 0.667. The van der Waals surface area contributed by atoms with E-state index in [4.69, 9.17) is 4.99 Å². The van der Waals surface area contributed by atoms with Crippen molar-refractivity contribution in [1.29, 1.82) is 0 Å². The van der Waals surface area contributed by atoms with E-state index in [-0.39, 0.29) is 0 Å². The normalized spacial score (nSPS) is 33.6. The maximum Gasteiger partial charge on any atom is 0.0896 e. The molecule has 0 aromatic rings. The first-order chi connectivity index (χ1) is 17.0. The Bertz CT molecular complexity index is 896. The molecule has 1 N–H and O–H groups in total. The van der Waals surface area contributed by atoms with Crippen LogP contribution in [0.4, 0.5) is 0 Å². The van der Waals surface area contributed by atoms with Gasteiger partial charge in [0.1, 0.15) is 0 Å². The molecule has 1 saturated carbocycles. The summed E-state index contributed by atoms with van der Waals surface area (Å²) in [5, 5.41) is 3.63. The number of aliphatic imine (C=N–C) groups is 1. The molecule has 2 heterocycles. The SMILES string of the molecule is C=C1C=CC(C2=C(C3CCCC(C)=N3)NC=CC2)C/C1=C/C(CC)C1CCCC(CCC)C1CC. The Labute approximate surface area is 215 Å². The summed E-state index contributed by atoms with van der Waals surface area (Å²) in [6.45, 7) is 13.9. The Morgan fingerprint density at radius 1 is 1.17 bits per heavy atom. The molecule has 2 nitrogen and oxygen atoms in total. The number of hydrogen-bond acceptors (Lipinski definition) is 2. The third kappa shape index (κ3) is 6.12. The van der Waals surface area contributed by atoms with E-state index < -0.39 is 0 Å². The van der Waals surface area contributed by atoms with Gasteiger partial charge in [-0.25, -0.2) is 0 Å². The van der Waals surface area contributed by atoms with Crippen LogP contribution in [-0.4, -0.2) is 11.8 Å². The maximum absolute atomic E-state index is 5.05. The molecule has 0 aromatic heterocycles. The van der Waals surface area contributed by atoms with Gasteiger partial charge in [-0.2, -0.15) is 0 Å². The molecule has 2 aliphatic heterocycles. The molecule has 6 atom stereocenters. The van der Waals surface area contributed by atoms with E-state index in [2.05, 4.69) is 70.1 Å². The molecule has 1 fully saturated rings. The van der Waals surface area contributed by atoms with Crippen molar-refractivity contribution in [3.8, 4) is 0 Å². The highest BCUT2D eigenvalue weighted by atomic mass is 15.0. The maximum atomic E-state index is 5.05. The average molecular weight is 475 g/mol. The fourth-order valence-corrected chi connectivity index (χ4v) is 7.64. The van der Waals surface area contributed by atoms with E-state index in [1.165, 1.54) is 80.3 Å². The van der Waals surface area contributed by atoms with Crippen molar-refractivity contribution in [1.82, 2.24) is 5.32 Å². The van der Waals surface area contributed by atoms with Crippen molar-refractivity contribution in [2.24, 2.45) is 34.6 Å². The monoisotopic (exact) mass is 474 g/mol. The molecule has 0 amide bonds. The van der Waals surface area contributed by atoms with Crippen LogP contribution in [0.2, 0.25) is 0 Å². The number of nitrogens with one attached hydrogen (secondary N) is 1. The Balaban J connectivity index is 1.58. The van der Waals surface area contributed by atoms with Gasteiger partial charge in [-0.15, -0.1) is 0 Å². The molecule has 6 unspecified atom stereocenters. The summed E-state index contributed by atoms with van der Waals surface area (Å²) in [4.78, 5) is 5.05. The topological polar surface area (TPSA) is 24.4 Å². The molecule has 2 aliphatic carbocycles. The van der Waals surface area contributed by atoms with Gasteiger partial charge >= 0.3 is 0 Å². The molecule has 35 heavy (non-hydrogen) atoms. The molecule has 2 heteroatoms. The van der Waals surface area contributed by atoms with Gasteiger partial charge in [0, 0.05) is 17.3 Å². The lowest BCUT2D eigenvalue weighted by Gasteiger charge is -2.41. The molecule has 0 bridgehead atoms. The quantitative estimate of drug-likeness (QED) is 0.373. The van der Waals surface area contributed by atoms with Crippen LogP contribution in [0.5, 0.6) is 0 Å². The zero-order valence-electron chi connectivity index (χ0n) is 23.0. The van der Waals surface area contributed by atoms with Gasteiger partial charge in [0.25, 0.3) is 0 Å². The van der Waals surface area contributed by atoms with E-state index >= 15 is 0 Å². The minimum absolute atomic E-state index is 0.307. The van der Waals surface area contributed by atoms with E-state index in [1.807, 2.05) is 0 Å². The van der Waals surface area contributed by atoms with E-state index in [0.717, 1.165) is 37.0 Å². The molecule has 0 aromatic carbocycles. The molecular weight excluding hydrogens is 424 g/mol. The van der Waals surface area contributed by atoms with Gasteiger partial charge in [-0.05, 0) is 98.5 Å². The largest absolute Gasteiger partial charge is 0.364 e. The van der Waals surface area contributed by atoms with Crippen LogP contribution < -0.4 is 5.32 Å². The molecule has 4 aliphatic rings. The predicted octanol–water partition coefficient (Wildman–Crippen LogP) is 9.09. The van der Waals surface area contributed by atoms with Crippen LogP contribution in [0.3, 0.4) is 0 Å². The lowest BCUT2D eigenvalue weighted by Crippen LogP contribution is -2.32. The Morgan fingerprint density at radius 3 is 2.77 bits per heavy atom. The first kappa shape index (κ1) is 26.2. The van der Waals surface area contributed by atoms with Crippen molar-refractivity contribution in [2.45, 2.75) is 111 Å². The number of rotatable bonds is 8. The van der Waals surface area contributed by atoms with Gasteiger partial charge < -0.3 is 5.32 Å². The summed E-state index contributed by atoms with van der Waals surface area (Å²) in [5.74, 6) is 3.81. The van der Waals surface area contributed by atoms with Gasteiger partial charge in [0.05, 0.1) is 6.04 Å². The van der Waals surface area contributed by atoms with Gasteiger partial charge in [-0.1, -0.05) is 83.8 Å². The van der Waals surface area contributed by atoms with Gasteiger partial charge in [0.15, 0.2) is 0 Å². The van der Waals surface area contributed by atoms with Crippen LogP contribution in [0, 0.1) is 29.6 Å². The number of nitrogens with zero attached hydrogens (tertiary/aromatic N) is 1. The summed E-state index contributed by atoms with van der Waals surface area (Å²) in [6, 6.07) is 0.307. The zero-order chi connectivity index (χ0) is 24.8. The van der Waals surface area contributed by atoms with Crippen LogP contribution in [0.1, 0.15) is 105 Å². The van der Waals surface area contributed by atoms with E-state index in [0.29, 0.717) is 17.9 Å². The standard InChI is InChI=1S/C33H50N2/c1-6-12-26-14-10-15-30(29(26)8-3)25(7-2)21-28-22-27(19-18-23(28)4)31-16-11-20-34-33(31)32-17-9-13-24(5)35-32/h11,18-21,25-27,29-30,32,34H,4,6-10,12-17,22H2,1-3,5H3/b28-21-. The highest BCUT2D eigenvalue weighted by molar-refractivity contribution is 5.82. The van der Waals surface area contributed by atoms with Crippen LogP contribution >= 0.6 is 0 Å². The van der Waals surface area contributed by atoms with E-state index in [1.54, 1.807) is 5.57 Å². The van der Waals surface area contributed by atoms with Crippen molar-refractivity contribution in [3.05, 3.63) is 59.5 Å². The summed E-state index contributed by atoms with van der Waals surface area (Å²) >= 11 is 0. The Morgan fingerprint density at radius 2 is 2.03 bits per heavy atom.